The third-order valence-electron chi connectivity index (χ3n) is 4.24. The van der Waals surface area contributed by atoms with Crippen molar-refractivity contribution >= 4 is 51.6 Å². The molecule has 8 heteroatoms. The molecule has 0 aliphatic heterocycles. The molecule has 6 nitrogen and oxygen atoms in total. The van der Waals surface area contributed by atoms with E-state index in [1.165, 1.54) is 7.11 Å². The van der Waals surface area contributed by atoms with Gasteiger partial charge in [0.15, 0.2) is 11.5 Å². The summed E-state index contributed by atoms with van der Waals surface area (Å²) in [6, 6.07) is 18.0. The fourth-order valence-corrected chi connectivity index (χ4v) is 3.75. The maximum atomic E-state index is 12.3. The highest BCUT2D eigenvalue weighted by molar-refractivity contribution is 7.17. The van der Waals surface area contributed by atoms with Gasteiger partial charge in [0, 0.05) is 0 Å². The number of imidazole rings is 1. The second-order valence-electron chi connectivity index (χ2n) is 6.18. The number of fused-ring (bicyclic) bond motifs is 1. The summed E-state index contributed by atoms with van der Waals surface area (Å²) in [6.45, 7) is 0. The van der Waals surface area contributed by atoms with Crippen LogP contribution in [0.15, 0.2) is 54.6 Å². The molecule has 0 radical (unpaired) electrons. The number of aromatic amines is 1. The van der Waals surface area contributed by atoms with Gasteiger partial charge in [-0.3, -0.25) is 0 Å². The second-order valence-corrected chi connectivity index (χ2v) is 7.89. The van der Waals surface area contributed by atoms with Crippen molar-refractivity contribution < 1.29 is 14.3 Å². The summed E-state index contributed by atoms with van der Waals surface area (Å²) in [4.78, 5) is 20.3. The van der Waals surface area contributed by atoms with Crippen LogP contribution in [-0.4, -0.2) is 23.0 Å². The number of para-hydroxylation sites is 2. The van der Waals surface area contributed by atoms with Crippen LogP contribution in [0.25, 0.3) is 22.7 Å². The lowest BCUT2D eigenvalue weighted by atomic mass is 10.1. The maximum Gasteiger partial charge on any atom is 0.353 e. The molecule has 4 aromatic rings. The van der Waals surface area contributed by atoms with Gasteiger partial charge in [0.2, 0.25) is 0 Å². The second kappa shape index (κ2) is 8.41. The zero-order valence-corrected chi connectivity index (χ0v) is 17.3. The number of hydrogen-bond acceptors (Lipinski definition) is 6. The molecule has 2 heterocycles. The molecule has 0 saturated carbocycles. The van der Waals surface area contributed by atoms with Crippen LogP contribution in [0, 0.1) is 11.3 Å². The number of hydrogen-bond donors (Lipinski definition) is 1. The van der Waals surface area contributed by atoms with Crippen LogP contribution < -0.4 is 9.47 Å². The quantitative estimate of drug-likeness (QED) is 0.251. The van der Waals surface area contributed by atoms with E-state index in [9.17, 15) is 10.1 Å². The minimum atomic E-state index is -0.520. The predicted octanol–water partition coefficient (Wildman–Crippen LogP) is 5.57. The standard InChI is InChI=1S/C22H14ClN3O3S/c1-28-18-11-13(6-7-17(18)29-22(27)19-8-9-20(23)30-19)10-14(12-24)21-25-15-4-2-3-5-16(15)26-21/h2-11H,1H3,(H,25,26)/b14-10+. The Morgan fingerprint density at radius 1 is 1.20 bits per heavy atom. The van der Waals surface area contributed by atoms with Crippen molar-refractivity contribution in [3.05, 3.63) is 75.2 Å². The molecule has 1 N–H and O–H groups in total. The molecule has 4 rings (SSSR count). The van der Waals surface area contributed by atoms with Crippen LogP contribution in [0.4, 0.5) is 0 Å². The first-order valence-corrected chi connectivity index (χ1v) is 9.99. The Morgan fingerprint density at radius 3 is 2.73 bits per heavy atom. The number of thiophene rings is 1. The normalized spacial score (nSPS) is 11.3. The number of esters is 1. The molecule has 0 aliphatic carbocycles. The molecule has 0 spiro atoms. The van der Waals surface area contributed by atoms with Crippen molar-refractivity contribution in [2.75, 3.05) is 7.11 Å². The lowest BCUT2D eigenvalue weighted by molar-refractivity contribution is 0.0735. The average Bonchev–Trinajstić information content (AvgIpc) is 3.39. The van der Waals surface area contributed by atoms with Gasteiger partial charge in [0.05, 0.1) is 28.1 Å². The number of carbonyl (C=O) groups is 1. The average molecular weight is 436 g/mol. The summed E-state index contributed by atoms with van der Waals surface area (Å²) in [7, 11) is 1.48. The van der Waals surface area contributed by atoms with Crippen molar-refractivity contribution in [3.63, 3.8) is 0 Å². The van der Waals surface area contributed by atoms with E-state index in [2.05, 4.69) is 16.0 Å². The number of aromatic nitrogens is 2. The van der Waals surface area contributed by atoms with Gasteiger partial charge in [-0.25, -0.2) is 9.78 Å². The largest absolute Gasteiger partial charge is 0.493 e. The van der Waals surface area contributed by atoms with Crippen LogP contribution in [-0.2, 0) is 0 Å². The van der Waals surface area contributed by atoms with Crippen LogP contribution >= 0.6 is 22.9 Å². The summed E-state index contributed by atoms with van der Waals surface area (Å²) < 4.78 is 11.3. The highest BCUT2D eigenvalue weighted by Crippen LogP contribution is 2.31. The van der Waals surface area contributed by atoms with Crippen LogP contribution in [0.3, 0.4) is 0 Å². The number of methoxy groups -OCH3 is 1. The first-order valence-electron chi connectivity index (χ1n) is 8.80. The number of halogens is 1. The fourth-order valence-electron chi connectivity index (χ4n) is 2.83. The molecular weight excluding hydrogens is 422 g/mol. The van der Waals surface area contributed by atoms with E-state index < -0.39 is 5.97 Å². The SMILES string of the molecule is COc1cc(/C=C(\C#N)c2nc3ccccc3[nH]2)ccc1OC(=O)c1ccc(Cl)s1. The minimum absolute atomic E-state index is 0.270. The number of rotatable bonds is 5. The maximum absolute atomic E-state index is 12.3. The smallest absolute Gasteiger partial charge is 0.353 e. The summed E-state index contributed by atoms with van der Waals surface area (Å²) in [5, 5.41) is 9.61. The van der Waals surface area contributed by atoms with Gasteiger partial charge < -0.3 is 14.5 Å². The van der Waals surface area contributed by atoms with E-state index in [-0.39, 0.29) is 5.75 Å². The first-order chi connectivity index (χ1) is 14.6. The molecule has 0 bridgehead atoms. The van der Waals surface area contributed by atoms with Gasteiger partial charge in [-0.2, -0.15) is 5.26 Å². The zero-order valence-electron chi connectivity index (χ0n) is 15.7. The number of allylic oxidation sites excluding steroid dienone is 1. The molecule has 0 atom stereocenters. The van der Waals surface area contributed by atoms with Gasteiger partial charge in [-0.1, -0.05) is 29.8 Å². The topological polar surface area (TPSA) is 88.0 Å². The molecule has 0 saturated heterocycles. The van der Waals surface area contributed by atoms with Crippen molar-refractivity contribution in [3.8, 4) is 17.6 Å². The van der Waals surface area contributed by atoms with Crippen molar-refractivity contribution in [2.24, 2.45) is 0 Å². The Balaban J connectivity index is 1.62. The van der Waals surface area contributed by atoms with E-state index in [0.29, 0.717) is 31.9 Å². The Labute approximate surface area is 181 Å². The fraction of sp³-hybridized carbons (Fsp3) is 0.0455. The van der Waals surface area contributed by atoms with Crippen LogP contribution in [0.2, 0.25) is 4.34 Å². The van der Waals surface area contributed by atoms with Gasteiger partial charge in [-0.05, 0) is 48.0 Å². The number of ether oxygens (including phenoxy) is 2. The lowest BCUT2D eigenvalue weighted by Gasteiger charge is -2.09. The van der Waals surface area contributed by atoms with Gasteiger partial charge in [-0.15, -0.1) is 11.3 Å². The number of H-pyrrole nitrogens is 1. The Hall–Kier alpha value is -3.60. The lowest BCUT2D eigenvalue weighted by Crippen LogP contribution is -2.07. The molecule has 2 aromatic heterocycles. The summed E-state index contributed by atoms with van der Waals surface area (Å²) in [5.74, 6) is 0.587. The third-order valence-corrected chi connectivity index (χ3v) is 5.45. The number of nitrogens with zero attached hydrogens (tertiary/aromatic N) is 2. The van der Waals surface area contributed by atoms with Crippen LogP contribution in [0.1, 0.15) is 21.1 Å². The summed E-state index contributed by atoms with van der Waals surface area (Å²) >= 11 is 7.01. The number of nitrogens with one attached hydrogen (secondary N) is 1. The predicted molar refractivity (Wildman–Crippen MR) is 117 cm³/mol. The molecule has 30 heavy (non-hydrogen) atoms. The van der Waals surface area contributed by atoms with Crippen molar-refractivity contribution in [1.82, 2.24) is 9.97 Å². The van der Waals surface area contributed by atoms with E-state index in [0.717, 1.165) is 22.4 Å². The summed E-state index contributed by atoms with van der Waals surface area (Å²) in [6.07, 6.45) is 1.69. The van der Waals surface area contributed by atoms with Crippen molar-refractivity contribution in [1.29, 1.82) is 5.26 Å². The van der Waals surface area contributed by atoms with E-state index in [1.54, 1.807) is 36.4 Å². The van der Waals surface area contributed by atoms with Gasteiger partial charge in [0.1, 0.15) is 16.8 Å². The Bertz CT molecular complexity index is 1280. The molecule has 0 fully saturated rings. The van der Waals surface area contributed by atoms with E-state index in [4.69, 9.17) is 21.1 Å². The monoisotopic (exact) mass is 435 g/mol. The Kier molecular flexibility index (Phi) is 5.53. The zero-order chi connectivity index (χ0) is 21.1. The number of benzene rings is 2. The third kappa shape index (κ3) is 4.06. The molecule has 0 amide bonds. The number of nitriles is 1. The van der Waals surface area contributed by atoms with E-state index in [1.807, 2.05) is 24.3 Å². The highest BCUT2D eigenvalue weighted by Gasteiger charge is 2.15. The molecule has 0 unspecified atom stereocenters. The molecule has 2 aromatic carbocycles. The molecule has 148 valence electrons. The van der Waals surface area contributed by atoms with Crippen molar-refractivity contribution in [2.45, 2.75) is 0 Å². The first kappa shape index (κ1) is 19.7. The minimum Gasteiger partial charge on any atom is -0.493 e. The van der Waals surface area contributed by atoms with Gasteiger partial charge >= 0.3 is 5.97 Å². The molecular formula is C22H14ClN3O3S. The van der Waals surface area contributed by atoms with Gasteiger partial charge in [0.25, 0.3) is 0 Å². The highest BCUT2D eigenvalue weighted by atomic mass is 35.5. The molecule has 0 aliphatic rings. The summed E-state index contributed by atoms with van der Waals surface area (Å²) in [5.41, 5.74) is 2.69. The van der Waals surface area contributed by atoms with Crippen LogP contribution in [0.5, 0.6) is 11.5 Å². The Morgan fingerprint density at radius 2 is 2.03 bits per heavy atom. The number of carbonyl (C=O) groups excluding carboxylic acids is 1. The van der Waals surface area contributed by atoms with E-state index >= 15 is 0 Å².